The second kappa shape index (κ2) is 9.80. The van der Waals surface area contributed by atoms with Gasteiger partial charge < -0.3 is 19.8 Å². The van der Waals surface area contributed by atoms with E-state index < -0.39 is 24.5 Å². The zero-order valence-electron chi connectivity index (χ0n) is 17.4. The molecule has 1 aromatic heterocycles. The second-order valence-electron chi connectivity index (χ2n) is 7.33. The van der Waals surface area contributed by atoms with Crippen molar-refractivity contribution in [1.82, 2.24) is 9.88 Å². The maximum atomic E-state index is 12.5. The van der Waals surface area contributed by atoms with Crippen LogP contribution in [-0.2, 0) is 9.53 Å². The molecule has 10 heteroatoms. The summed E-state index contributed by atoms with van der Waals surface area (Å²) in [4.78, 5) is 40.8. The normalized spacial score (nSPS) is 12.0. The van der Waals surface area contributed by atoms with Gasteiger partial charge in [0, 0.05) is 17.8 Å². The number of hydrogen-bond donors (Lipinski definition) is 3. The first-order valence-corrected chi connectivity index (χ1v) is 11.1. The summed E-state index contributed by atoms with van der Waals surface area (Å²) in [7, 11) is 0. The molecule has 9 nitrogen and oxygen atoms in total. The third-order valence-corrected chi connectivity index (χ3v) is 6.02. The molecule has 0 bridgehead atoms. The topological polar surface area (TPSA) is 129 Å². The summed E-state index contributed by atoms with van der Waals surface area (Å²) in [6.07, 6.45) is -0.706. The van der Waals surface area contributed by atoms with E-state index in [1.165, 1.54) is 5.38 Å². The number of amides is 2. The Bertz CT molecular complexity index is 1150. The third-order valence-electron chi connectivity index (χ3n) is 5.26. The Balaban J connectivity index is 1.39. The van der Waals surface area contributed by atoms with Gasteiger partial charge in [0.1, 0.15) is 18.8 Å². The van der Waals surface area contributed by atoms with Crippen LogP contribution in [-0.4, -0.2) is 64.4 Å². The molecule has 1 aliphatic rings. The fourth-order valence-electron chi connectivity index (χ4n) is 3.85. The van der Waals surface area contributed by atoms with Crippen LogP contribution in [0.1, 0.15) is 27.5 Å². The molecular weight excluding hydrogens is 446 g/mol. The average molecular weight is 468 g/mol. The minimum Gasteiger partial charge on any atom is -0.480 e. The first-order valence-electron chi connectivity index (χ1n) is 10.2. The van der Waals surface area contributed by atoms with Gasteiger partial charge in [-0.1, -0.05) is 48.5 Å². The quantitative estimate of drug-likeness (QED) is 0.464. The molecule has 170 valence electrons. The first-order chi connectivity index (χ1) is 16.0. The monoisotopic (exact) mass is 467 g/mol. The lowest BCUT2D eigenvalue weighted by Gasteiger charge is -2.18. The van der Waals surface area contributed by atoms with Crippen molar-refractivity contribution in [3.8, 4) is 11.1 Å². The zero-order chi connectivity index (χ0) is 23.4. The number of hydrogen-bond acceptors (Lipinski definition) is 7. The number of nitrogens with one attached hydrogen (secondary N) is 1. The second-order valence-corrected chi connectivity index (χ2v) is 8.19. The summed E-state index contributed by atoms with van der Waals surface area (Å²) in [5, 5.41) is 22.1. The predicted octanol–water partition coefficient (Wildman–Crippen LogP) is 3.02. The molecule has 3 aromatic rings. The van der Waals surface area contributed by atoms with Crippen LogP contribution in [0.5, 0.6) is 0 Å². The third kappa shape index (κ3) is 4.86. The number of carboxylic acids is 1. The molecule has 0 saturated carbocycles. The van der Waals surface area contributed by atoms with Crippen molar-refractivity contribution >= 4 is 34.4 Å². The number of anilines is 1. The summed E-state index contributed by atoms with van der Waals surface area (Å²) in [6, 6.07) is 16.0. The molecule has 33 heavy (non-hydrogen) atoms. The van der Waals surface area contributed by atoms with Gasteiger partial charge in [-0.05, 0) is 22.3 Å². The van der Waals surface area contributed by atoms with Crippen molar-refractivity contribution in [2.75, 3.05) is 31.6 Å². The highest BCUT2D eigenvalue weighted by atomic mass is 32.1. The molecule has 1 heterocycles. The van der Waals surface area contributed by atoms with Gasteiger partial charge in [0.25, 0.3) is 5.91 Å². The minimum atomic E-state index is -1.20. The Labute approximate surface area is 193 Å². The standard InChI is InChI=1S/C23H21N3O6S/c27-10-9-26(11-20(28)29)21(30)19-13-33-22(24-19)25-23(31)32-12-18-16-7-3-1-5-14(16)15-6-2-4-8-17(15)18/h1-8,13,18,27H,9-12H2,(H,28,29)(H,24,25,31). The Morgan fingerprint density at radius 1 is 1.06 bits per heavy atom. The van der Waals surface area contributed by atoms with Gasteiger partial charge >= 0.3 is 12.1 Å². The number of thiazole rings is 1. The Morgan fingerprint density at radius 2 is 1.70 bits per heavy atom. The maximum absolute atomic E-state index is 12.5. The van der Waals surface area contributed by atoms with Crippen LogP contribution < -0.4 is 5.32 Å². The minimum absolute atomic E-state index is 0.0244. The summed E-state index contributed by atoms with van der Waals surface area (Å²) in [6.45, 7) is -0.947. The number of carboxylic acid groups (broad SMARTS) is 1. The number of nitrogens with zero attached hydrogens (tertiary/aromatic N) is 2. The van der Waals surface area contributed by atoms with Crippen LogP contribution in [0.4, 0.5) is 9.93 Å². The molecule has 0 aliphatic heterocycles. The highest BCUT2D eigenvalue weighted by Crippen LogP contribution is 2.44. The van der Waals surface area contributed by atoms with Crippen molar-refractivity contribution in [3.05, 3.63) is 70.7 Å². The maximum Gasteiger partial charge on any atom is 0.413 e. The number of aromatic nitrogens is 1. The van der Waals surface area contributed by atoms with E-state index in [0.717, 1.165) is 38.5 Å². The largest absolute Gasteiger partial charge is 0.480 e. The summed E-state index contributed by atoms with van der Waals surface area (Å²) < 4.78 is 5.46. The lowest BCUT2D eigenvalue weighted by Crippen LogP contribution is -2.37. The molecule has 0 spiro atoms. The fourth-order valence-corrected chi connectivity index (χ4v) is 4.52. The van der Waals surface area contributed by atoms with Gasteiger partial charge in [-0.2, -0.15) is 0 Å². The number of aliphatic carboxylic acids is 1. The number of aliphatic hydroxyl groups is 1. The van der Waals surface area contributed by atoms with E-state index in [-0.39, 0.29) is 36.5 Å². The van der Waals surface area contributed by atoms with E-state index >= 15 is 0 Å². The molecular formula is C23H21N3O6S. The molecule has 1 aliphatic carbocycles. The van der Waals surface area contributed by atoms with Crippen LogP contribution >= 0.6 is 11.3 Å². The van der Waals surface area contributed by atoms with Crippen LogP contribution in [0.15, 0.2) is 53.9 Å². The number of carbonyl (C=O) groups is 3. The first kappa shape index (κ1) is 22.4. The van der Waals surface area contributed by atoms with Gasteiger partial charge in [0.05, 0.1) is 6.61 Å². The molecule has 0 atom stereocenters. The number of carbonyl (C=O) groups excluding carboxylic acids is 2. The van der Waals surface area contributed by atoms with Gasteiger partial charge in [0.2, 0.25) is 0 Å². The summed E-state index contributed by atoms with van der Waals surface area (Å²) in [5.74, 6) is -1.94. The molecule has 2 aromatic carbocycles. The fraction of sp³-hybridized carbons (Fsp3) is 0.217. The van der Waals surface area contributed by atoms with E-state index in [1.807, 2.05) is 48.5 Å². The van der Waals surface area contributed by atoms with E-state index in [1.54, 1.807) is 0 Å². The number of fused-ring (bicyclic) bond motifs is 3. The molecule has 0 radical (unpaired) electrons. The molecule has 3 N–H and O–H groups in total. The molecule has 0 saturated heterocycles. The molecule has 4 rings (SSSR count). The zero-order valence-corrected chi connectivity index (χ0v) is 18.2. The van der Waals surface area contributed by atoms with Gasteiger partial charge in [-0.3, -0.25) is 14.9 Å². The van der Waals surface area contributed by atoms with Crippen molar-refractivity contribution in [1.29, 1.82) is 0 Å². The van der Waals surface area contributed by atoms with Crippen LogP contribution in [0.25, 0.3) is 11.1 Å². The van der Waals surface area contributed by atoms with Gasteiger partial charge in [-0.25, -0.2) is 9.78 Å². The van der Waals surface area contributed by atoms with Crippen molar-refractivity contribution < 1.29 is 29.3 Å². The van der Waals surface area contributed by atoms with Crippen LogP contribution in [0, 0.1) is 0 Å². The smallest absolute Gasteiger partial charge is 0.413 e. The van der Waals surface area contributed by atoms with Crippen LogP contribution in [0.2, 0.25) is 0 Å². The average Bonchev–Trinajstić information content (AvgIpc) is 3.39. The molecule has 0 fully saturated rings. The highest BCUT2D eigenvalue weighted by Gasteiger charge is 2.29. The summed E-state index contributed by atoms with van der Waals surface area (Å²) in [5.41, 5.74) is 4.41. The van der Waals surface area contributed by atoms with Gasteiger partial charge in [-0.15, -0.1) is 11.3 Å². The van der Waals surface area contributed by atoms with Crippen LogP contribution in [0.3, 0.4) is 0 Å². The number of ether oxygens (including phenoxy) is 1. The Hall–Kier alpha value is -3.76. The lowest BCUT2D eigenvalue weighted by molar-refractivity contribution is -0.137. The van der Waals surface area contributed by atoms with E-state index in [4.69, 9.17) is 14.9 Å². The van der Waals surface area contributed by atoms with Crippen molar-refractivity contribution in [3.63, 3.8) is 0 Å². The lowest BCUT2D eigenvalue weighted by atomic mass is 9.98. The summed E-state index contributed by atoms with van der Waals surface area (Å²) >= 11 is 1.02. The SMILES string of the molecule is O=C(O)CN(CCO)C(=O)c1csc(NC(=O)OCC2c3ccccc3-c3ccccc32)n1. The Morgan fingerprint density at radius 3 is 2.30 bits per heavy atom. The highest BCUT2D eigenvalue weighted by molar-refractivity contribution is 7.14. The van der Waals surface area contributed by atoms with E-state index in [0.29, 0.717) is 0 Å². The number of rotatable bonds is 8. The van der Waals surface area contributed by atoms with E-state index in [2.05, 4.69) is 10.3 Å². The van der Waals surface area contributed by atoms with E-state index in [9.17, 15) is 14.4 Å². The van der Waals surface area contributed by atoms with Crippen molar-refractivity contribution in [2.24, 2.45) is 0 Å². The Kier molecular flexibility index (Phi) is 6.66. The van der Waals surface area contributed by atoms with Crippen molar-refractivity contribution in [2.45, 2.75) is 5.92 Å². The molecule has 0 unspecified atom stereocenters. The number of aliphatic hydroxyl groups excluding tert-OH is 1. The van der Waals surface area contributed by atoms with Gasteiger partial charge in [0.15, 0.2) is 5.13 Å². The number of benzene rings is 2. The predicted molar refractivity (Wildman–Crippen MR) is 121 cm³/mol. The molecule has 2 amide bonds.